The SMILES string of the molecule is CCOC(=O)CC1CCC=C1C(=O)SCC. The molecule has 1 rings (SSSR count). The van der Waals surface area contributed by atoms with Gasteiger partial charge in [0.15, 0.2) is 0 Å². The average Bonchev–Trinajstić information content (AvgIpc) is 2.66. The Morgan fingerprint density at radius 1 is 1.50 bits per heavy atom. The summed E-state index contributed by atoms with van der Waals surface area (Å²) < 4.78 is 4.91. The first-order valence-corrected chi connectivity index (χ1v) is 6.70. The molecule has 90 valence electrons. The molecule has 0 aromatic heterocycles. The van der Waals surface area contributed by atoms with Gasteiger partial charge in [0.25, 0.3) is 0 Å². The second kappa shape index (κ2) is 6.74. The van der Waals surface area contributed by atoms with Crippen LogP contribution in [0.15, 0.2) is 11.6 Å². The highest BCUT2D eigenvalue weighted by molar-refractivity contribution is 8.14. The van der Waals surface area contributed by atoms with Gasteiger partial charge in [0.2, 0.25) is 5.12 Å². The predicted octanol–water partition coefficient (Wildman–Crippen LogP) is 2.56. The van der Waals surface area contributed by atoms with E-state index < -0.39 is 0 Å². The minimum Gasteiger partial charge on any atom is -0.466 e. The lowest BCUT2D eigenvalue weighted by Crippen LogP contribution is -2.14. The van der Waals surface area contributed by atoms with Crippen LogP contribution in [0.3, 0.4) is 0 Å². The van der Waals surface area contributed by atoms with Gasteiger partial charge in [-0.05, 0) is 31.4 Å². The van der Waals surface area contributed by atoms with Crippen LogP contribution in [-0.2, 0) is 14.3 Å². The molecule has 1 aliphatic carbocycles. The molecule has 0 aromatic rings. The minimum atomic E-state index is -0.199. The van der Waals surface area contributed by atoms with Crippen molar-refractivity contribution in [3.8, 4) is 0 Å². The van der Waals surface area contributed by atoms with Crippen LogP contribution in [0, 0.1) is 5.92 Å². The summed E-state index contributed by atoms with van der Waals surface area (Å²) >= 11 is 1.31. The maximum Gasteiger partial charge on any atom is 0.306 e. The fourth-order valence-corrected chi connectivity index (χ4v) is 2.54. The lowest BCUT2D eigenvalue weighted by Gasteiger charge is -2.12. The highest BCUT2D eigenvalue weighted by atomic mass is 32.2. The fraction of sp³-hybridized carbons (Fsp3) is 0.667. The summed E-state index contributed by atoms with van der Waals surface area (Å²) in [6, 6.07) is 0. The van der Waals surface area contributed by atoms with Crippen LogP contribution < -0.4 is 0 Å². The zero-order valence-electron chi connectivity index (χ0n) is 9.82. The van der Waals surface area contributed by atoms with E-state index in [1.807, 2.05) is 13.0 Å². The van der Waals surface area contributed by atoms with E-state index in [-0.39, 0.29) is 17.0 Å². The number of carbonyl (C=O) groups is 2. The molecule has 1 unspecified atom stereocenters. The zero-order valence-corrected chi connectivity index (χ0v) is 10.6. The Labute approximate surface area is 101 Å². The van der Waals surface area contributed by atoms with Crippen molar-refractivity contribution in [1.82, 2.24) is 0 Å². The second-order valence-corrected chi connectivity index (χ2v) is 4.90. The molecule has 0 N–H and O–H groups in total. The van der Waals surface area contributed by atoms with Crippen LogP contribution in [-0.4, -0.2) is 23.4 Å². The quantitative estimate of drug-likeness (QED) is 0.695. The van der Waals surface area contributed by atoms with Gasteiger partial charge < -0.3 is 4.74 Å². The van der Waals surface area contributed by atoms with E-state index in [0.29, 0.717) is 13.0 Å². The summed E-state index contributed by atoms with van der Waals surface area (Å²) in [5.74, 6) is 0.655. The van der Waals surface area contributed by atoms with E-state index in [1.54, 1.807) is 6.92 Å². The Bertz CT molecular complexity index is 297. The van der Waals surface area contributed by atoms with Crippen molar-refractivity contribution in [1.29, 1.82) is 0 Å². The lowest BCUT2D eigenvalue weighted by atomic mass is 9.99. The molecule has 0 saturated carbocycles. The van der Waals surface area contributed by atoms with Gasteiger partial charge in [-0.15, -0.1) is 0 Å². The molecule has 4 heteroatoms. The number of carbonyl (C=O) groups excluding carboxylic acids is 2. The van der Waals surface area contributed by atoms with Crippen molar-refractivity contribution < 1.29 is 14.3 Å². The summed E-state index contributed by atoms with van der Waals surface area (Å²) in [5.41, 5.74) is 0.819. The van der Waals surface area contributed by atoms with E-state index in [9.17, 15) is 9.59 Å². The molecule has 1 atom stereocenters. The maximum atomic E-state index is 11.7. The Morgan fingerprint density at radius 2 is 2.25 bits per heavy atom. The number of esters is 1. The second-order valence-electron chi connectivity index (χ2n) is 3.66. The van der Waals surface area contributed by atoms with E-state index in [4.69, 9.17) is 4.74 Å². The van der Waals surface area contributed by atoms with Crippen molar-refractivity contribution in [3.63, 3.8) is 0 Å². The molecular weight excluding hydrogens is 224 g/mol. The molecule has 0 spiro atoms. The van der Waals surface area contributed by atoms with Gasteiger partial charge >= 0.3 is 5.97 Å². The molecule has 0 amide bonds. The maximum absolute atomic E-state index is 11.7. The average molecular weight is 242 g/mol. The molecule has 0 aliphatic heterocycles. The van der Waals surface area contributed by atoms with Crippen LogP contribution in [0.2, 0.25) is 0 Å². The Morgan fingerprint density at radius 3 is 2.88 bits per heavy atom. The molecule has 0 aromatic carbocycles. The van der Waals surface area contributed by atoms with E-state index >= 15 is 0 Å². The van der Waals surface area contributed by atoms with Crippen LogP contribution >= 0.6 is 11.8 Å². The Kier molecular flexibility index (Phi) is 5.60. The fourth-order valence-electron chi connectivity index (χ4n) is 1.86. The molecule has 3 nitrogen and oxygen atoms in total. The molecule has 0 fully saturated rings. The van der Waals surface area contributed by atoms with Gasteiger partial charge in [-0.1, -0.05) is 24.8 Å². The van der Waals surface area contributed by atoms with Crippen molar-refractivity contribution in [3.05, 3.63) is 11.6 Å². The third-order valence-electron chi connectivity index (χ3n) is 2.55. The van der Waals surface area contributed by atoms with Crippen LogP contribution in [0.25, 0.3) is 0 Å². The third-order valence-corrected chi connectivity index (χ3v) is 3.34. The summed E-state index contributed by atoms with van der Waals surface area (Å²) in [7, 11) is 0. The lowest BCUT2D eigenvalue weighted by molar-refractivity contribution is -0.143. The molecule has 0 saturated heterocycles. The molecular formula is C12H18O3S. The van der Waals surface area contributed by atoms with Gasteiger partial charge in [0.05, 0.1) is 13.0 Å². The zero-order chi connectivity index (χ0) is 12.0. The van der Waals surface area contributed by atoms with Crippen LogP contribution in [0.1, 0.15) is 33.1 Å². The highest BCUT2D eigenvalue weighted by Crippen LogP contribution is 2.32. The monoisotopic (exact) mass is 242 g/mol. The Hall–Kier alpha value is -0.770. The van der Waals surface area contributed by atoms with Crippen molar-refractivity contribution in [2.24, 2.45) is 5.92 Å². The normalized spacial score (nSPS) is 19.4. The summed E-state index contributed by atoms with van der Waals surface area (Å²) in [4.78, 5) is 23.1. The Balaban J connectivity index is 2.51. The smallest absolute Gasteiger partial charge is 0.306 e. The molecule has 0 bridgehead atoms. The molecule has 0 heterocycles. The third kappa shape index (κ3) is 3.67. The van der Waals surface area contributed by atoms with Gasteiger partial charge in [-0.3, -0.25) is 9.59 Å². The number of thioether (sulfide) groups is 1. The van der Waals surface area contributed by atoms with E-state index in [0.717, 1.165) is 24.2 Å². The number of hydrogen-bond acceptors (Lipinski definition) is 4. The molecule has 1 aliphatic rings. The topological polar surface area (TPSA) is 43.4 Å². The highest BCUT2D eigenvalue weighted by Gasteiger charge is 2.27. The van der Waals surface area contributed by atoms with Gasteiger partial charge in [0, 0.05) is 5.57 Å². The summed E-state index contributed by atoms with van der Waals surface area (Å²) in [6.07, 6.45) is 4.10. The van der Waals surface area contributed by atoms with Crippen LogP contribution in [0.4, 0.5) is 0 Å². The number of allylic oxidation sites excluding steroid dienone is 1. The molecule has 0 radical (unpaired) electrons. The van der Waals surface area contributed by atoms with E-state index in [1.165, 1.54) is 11.8 Å². The minimum absolute atomic E-state index is 0.0746. The van der Waals surface area contributed by atoms with Gasteiger partial charge in [-0.2, -0.15) is 0 Å². The summed E-state index contributed by atoms with van der Waals surface area (Å²) in [5, 5.41) is 0.120. The predicted molar refractivity (Wildman–Crippen MR) is 65.2 cm³/mol. The first-order chi connectivity index (χ1) is 7.69. The van der Waals surface area contributed by atoms with Gasteiger partial charge in [-0.25, -0.2) is 0 Å². The van der Waals surface area contributed by atoms with Gasteiger partial charge in [0.1, 0.15) is 0 Å². The first-order valence-electron chi connectivity index (χ1n) is 5.71. The van der Waals surface area contributed by atoms with Crippen molar-refractivity contribution >= 4 is 22.8 Å². The molecule has 16 heavy (non-hydrogen) atoms. The standard InChI is InChI=1S/C12H18O3S/c1-3-15-11(13)8-9-6-5-7-10(9)12(14)16-4-2/h7,9H,3-6,8H2,1-2H3. The largest absolute Gasteiger partial charge is 0.466 e. The van der Waals surface area contributed by atoms with Crippen LogP contribution in [0.5, 0.6) is 0 Å². The van der Waals surface area contributed by atoms with Crippen molar-refractivity contribution in [2.75, 3.05) is 12.4 Å². The van der Waals surface area contributed by atoms with E-state index in [2.05, 4.69) is 0 Å². The summed E-state index contributed by atoms with van der Waals surface area (Å²) in [6.45, 7) is 4.15. The number of hydrogen-bond donors (Lipinski definition) is 0. The first kappa shape index (κ1) is 13.3. The number of ether oxygens (including phenoxy) is 1. The van der Waals surface area contributed by atoms with Crippen molar-refractivity contribution in [2.45, 2.75) is 33.1 Å². The number of rotatable bonds is 5.